The number of hydrogen-bond acceptors (Lipinski definition) is 5. The smallest absolute Gasteiger partial charge is 0.310 e. The molecule has 0 heterocycles. The Hall–Kier alpha value is -1.76. The number of carbonyl (C=O) groups is 2. The number of carboxylic acids is 1. The van der Waals surface area contributed by atoms with Gasteiger partial charge in [0.1, 0.15) is 5.78 Å². The first kappa shape index (κ1) is 29.5. The average Bonchev–Trinajstić information content (AvgIpc) is 3.13. The van der Waals surface area contributed by atoms with E-state index in [0.717, 1.165) is 63.4 Å². The summed E-state index contributed by atoms with van der Waals surface area (Å²) in [6.45, 7) is 4.20. The van der Waals surface area contributed by atoms with Crippen molar-refractivity contribution >= 4 is 11.8 Å². The molecular formula is C29H46O6. The fraction of sp³-hybridized carbons (Fsp3) is 0.724. The minimum atomic E-state index is -0.794. The van der Waals surface area contributed by atoms with Crippen LogP contribution in [0.2, 0.25) is 0 Å². The number of benzene rings is 1. The second-order valence-corrected chi connectivity index (χ2v) is 10.5. The van der Waals surface area contributed by atoms with Crippen LogP contribution in [0.25, 0.3) is 0 Å². The third kappa shape index (κ3) is 10.0. The Balaban J connectivity index is 1.88. The van der Waals surface area contributed by atoms with E-state index in [4.69, 9.17) is 4.74 Å². The number of rotatable bonds is 18. The van der Waals surface area contributed by atoms with Gasteiger partial charge in [-0.1, -0.05) is 75.8 Å². The predicted octanol–water partition coefficient (Wildman–Crippen LogP) is 5.50. The molecule has 0 aliphatic heterocycles. The molecule has 1 aromatic carbocycles. The predicted molar refractivity (Wildman–Crippen MR) is 137 cm³/mol. The summed E-state index contributed by atoms with van der Waals surface area (Å²) in [6.07, 6.45) is 9.45. The second-order valence-electron chi connectivity index (χ2n) is 10.5. The van der Waals surface area contributed by atoms with Crippen LogP contribution in [0.5, 0.6) is 0 Å². The van der Waals surface area contributed by atoms with Crippen molar-refractivity contribution in [1.29, 1.82) is 0 Å². The van der Waals surface area contributed by atoms with Crippen LogP contribution in [0.1, 0.15) is 102 Å². The Kier molecular flexibility index (Phi) is 12.9. The van der Waals surface area contributed by atoms with Crippen molar-refractivity contribution in [2.24, 2.45) is 11.8 Å². The van der Waals surface area contributed by atoms with Gasteiger partial charge in [0.15, 0.2) is 0 Å². The molecule has 2 unspecified atom stereocenters. The molecule has 1 saturated carbocycles. The summed E-state index contributed by atoms with van der Waals surface area (Å²) in [4.78, 5) is 24.6. The molecule has 0 amide bonds. The number of ether oxygens (including phenoxy) is 1. The molecule has 1 aliphatic carbocycles. The van der Waals surface area contributed by atoms with Gasteiger partial charge in [-0.15, -0.1) is 0 Å². The highest BCUT2D eigenvalue weighted by atomic mass is 16.5. The lowest BCUT2D eigenvalue weighted by molar-refractivity contribution is -0.139. The van der Waals surface area contributed by atoms with Gasteiger partial charge in [-0.2, -0.15) is 0 Å². The van der Waals surface area contributed by atoms with Crippen LogP contribution in [0, 0.1) is 11.8 Å². The van der Waals surface area contributed by atoms with Crippen molar-refractivity contribution in [3.63, 3.8) is 0 Å². The lowest BCUT2D eigenvalue weighted by Gasteiger charge is -2.29. The molecule has 1 aliphatic rings. The van der Waals surface area contributed by atoms with Crippen LogP contribution in [0.15, 0.2) is 30.3 Å². The van der Waals surface area contributed by atoms with Crippen LogP contribution in [-0.2, 0) is 14.3 Å². The number of unbranched alkanes of at least 4 members (excludes halogenated alkanes) is 4. The highest BCUT2D eigenvalue weighted by Crippen LogP contribution is 2.39. The van der Waals surface area contributed by atoms with Crippen LogP contribution in [0.3, 0.4) is 0 Å². The summed E-state index contributed by atoms with van der Waals surface area (Å²) < 4.78 is 5.85. The summed E-state index contributed by atoms with van der Waals surface area (Å²) >= 11 is 0. The molecule has 0 saturated heterocycles. The second kappa shape index (κ2) is 15.4. The van der Waals surface area contributed by atoms with E-state index in [9.17, 15) is 24.9 Å². The minimum absolute atomic E-state index is 0.0581. The molecule has 5 atom stereocenters. The van der Waals surface area contributed by atoms with Gasteiger partial charge in [0.2, 0.25) is 0 Å². The number of aliphatic carboxylic acids is 1. The monoisotopic (exact) mass is 490 g/mol. The topological polar surface area (TPSA) is 104 Å². The zero-order chi connectivity index (χ0) is 25.7. The fourth-order valence-electron chi connectivity index (χ4n) is 5.51. The van der Waals surface area contributed by atoms with E-state index >= 15 is 0 Å². The molecule has 1 fully saturated rings. The van der Waals surface area contributed by atoms with Crippen molar-refractivity contribution in [3.05, 3.63) is 35.9 Å². The van der Waals surface area contributed by atoms with Gasteiger partial charge >= 0.3 is 5.97 Å². The normalized spacial score (nSPS) is 22.7. The van der Waals surface area contributed by atoms with E-state index < -0.39 is 17.5 Å². The highest BCUT2D eigenvalue weighted by Gasteiger charge is 2.43. The van der Waals surface area contributed by atoms with Gasteiger partial charge < -0.3 is 20.1 Å². The van der Waals surface area contributed by atoms with Gasteiger partial charge in [-0.05, 0) is 50.5 Å². The highest BCUT2D eigenvalue weighted by molar-refractivity contribution is 5.84. The van der Waals surface area contributed by atoms with Crippen molar-refractivity contribution in [3.8, 4) is 0 Å². The minimum Gasteiger partial charge on any atom is -0.481 e. The molecule has 6 nitrogen and oxygen atoms in total. The fourth-order valence-corrected chi connectivity index (χ4v) is 5.51. The molecule has 35 heavy (non-hydrogen) atoms. The molecule has 3 N–H and O–H groups in total. The van der Waals surface area contributed by atoms with E-state index in [1.165, 1.54) is 0 Å². The Bertz CT molecular complexity index is 747. The van der Waals surface area contributed by atoms with E-state index in [0.29, 0.717) is 19.3 Å². The lowest BCUT2D eigenvalue weighted by Crippen LogP contribution is -2.30. The molecule has 1 aromatic rings. The van der Waals surface area contributed by atoms with E-state index in [-0.39, 0.29) is 36.9 Å². The zero-order valence-corrected chi connectivity index (χ0v) is 21.7. The first-order valence-corrected chi connectivity index (χ1v) is 13.5. The number of aliphatic hydroxyl groups excluding tert-OH is 1. The number of carboxylic acid groups (broad SMARTS) is 1. The molecule has 0 bridgehead atoms. The Morgan fingerprint density at radius 1 is 1.09 bits per heavy atom. The van der Waals surface area contributed by atoms with Crippen LogP contribution >= 0.6 is 0 Å². The number of aliphatic hydroxyl groups is 2. The maximum Gasteiger partial charge on any atom is 0.310 e. The molecule has 0 aromatic heterocycles. The SMILES string of the molecule is CCCCCC(C)(O)CC[C@H]1[C@H](OCCO)CC(=O)[C@@H]1CCCCCC(C(=O)O)c1ccccc1. The number of hydrogen-bond donors (Lipinski definition) is 3. The summed E-state index contributed by atoms with van der Waals surface area (Å²) in [5.41, 5.74) is 0.0943. The van der Waals surface area contributed by atoms with Gasteiger partial charge in [-0.3, -0.25) is 9.59 Å². The summed E-state index contributed by atoms with van der Waals surface area (Å²) in [7, 11) is 0. The molecule has 0 spiro atoms. The van der Waals surface area contributed by atoms with Gasteiger partial charge in [0, 0.05) is 12.3 Å². The van der Waals surface area contributed by atoms with Crippen molar-refractivity contribution in [1.82, 2.24) is 0 Å². The first-order valence-electron chi connectivity index (χ1n) is 13.5. The summed E-state index contributed by atoms with van der Waals surface area (Å²) in [5.74, 6) is -1.10. The standard InChI is InChI=1S/C29H46O6/c1-3-4-11-17-29(2,34)18-16-25-24(26(31)21-27(25)35-20-19-30)15-10-6-9-14-23(28(32)33)22-12-7-5-8-13-22/h5,7-8,12-13,23-25,27,30,34H,3-4,6,9-11,14-21H2,1-2H3,(H,32,33)/t23?,24-,25-,27-,29?/m1/s1. The first-order chi connectivity index (χ1) is 16.8. The largest absolute Gasteiger partial charge is 0.481 e. The molecule has 198 valence electrons. The van der Waals surface area contributed by atoms with Gasteiger partial charge in [0.25, 0.3) is 0 Å². The average molecular weight is 491 g/mol. The third-order valence-electron chi connectivity index (χ3n) is 7.58. The maximum absolute atomic E-state index is 12.9. The van der Waals surface area contributed by atoms with Gasteiger partial charge in [0.05, 0.1) is 30.8 Å². The van der Waals surface area contributed by atoms with Crippen molar-refractivity contribution in [2.45, 2.75) is 109 Å². The molecule has 2 rings (SSSR count). The molecular weight excluding hydrogens is 444 g/mol. The number of Topliss-reactive ketones (excluding diaryl/α,β-unsaturated/α-hetero) is 1. The van der Waals surface area contributed by atoms with E-state index in [1.54, 1.807) is 0 Å². The maximum atomic E-state index is 12.9. The Morgan fingerprint density at radius 3 is 2.49 bits per heavy atom. The molecule has 6 heteroatoms. The zero-order valence-electron chi connectivity index (χ0n) is 21.7. The van der Waals surface area contributed by atoms with E-state index in [2.05, 4.69) is 6.92 Å². The van der Waals surface area contributed by atoms with E-state index in [1.807, 2.05) is 37.3 Å². The summed E-state index contributed by atoms with van der Waals surface area (Å²) in [5, 5.41) is 29.7. The summed E-state index contributed by atoms with van der Waals surface area (Å²) in [6, 6.07) is 9.36. The van der Waals surface area contributed by atoms with Crippen LogP contribution in [0.4, 0.5) is 0 Å². The Labute approximate surface area is 211 Å². The van der Waals surface area contributed by atoms with Gasteiger partial charge in [-0.25, -0.2) is 0 Å². The lowest BCUT2D eigenvalue weighted by atomic mass is 9.82. The quantitative estimate of drug-likeness (QED) is 0.235. The van der Waals surface area contributed by atoms with Crippen LogP contribution in [-0.4, -0.2) is 52.0 Å². The number of carbonyl (C=O) groups excluding carboxylic acids is 1. The van der Waals surface area contributed by atoms with Crippen LogP contribution < -0.4 is 0 Å². The molecule has 0 radical (unpaired) electrons. The number of ketones is 1. The Morgan fingerprint density at radius 2 is 1.83 bits per heavy atom. The van der Waals surface area contributed by atoms with Crippen molar-refractivity contribution < 1.29 is 29.6 Å². The third-order valence-corrected chi connectivity index (χ3v) is 7.58. The van der Waals surface area contributed by atoms with Crippen molar-refractivity contribution in [2.75, 3.05) is 13.2 Å².